The fourth-order valence-corrected chi connectivity index (χ4v) is 3.19. The molecule has 0 saturated heterocycles. The molecule has 1 atom stereocenters. The lowest BCUT2D eigenvalue weighted by atomic mass is 10.1. The molecule has 7 heteroatoms. The van der Waals surface area contributed by atoms with Crippen molar-refractivity contribution >= 4 is 15.9 Å². The fourth-order valence-electron chi connectivity index (χ4n) is 2.09. The van der Waals surface area contributed by atoms with Crippen LogP contribution in [0.15, 0.2) is 24.3 Å². The van der Waals surface area contributed by atoms with Gasteiger partial charge in [-0.15, -0.1) is 0 Å². The van der Waals surface area contributed by atoms with Crippen LogP contribution in [0.4, 0.5) is 4.79 Å². The third-order valence-corrected chi connectivity index (χ3v) is 4.48. The number of hydrogen-bond donors (Lipinski definition) is 1. The zero-order valence-corrected chi connectivity index (χ0v) is 14.3. The molecule has 6 nitrogen and oxygen atoms in total. The first kappa shape index (κ1) is 18.3. The maximum Gasteiger partial charge on any atom is 0.317 e. The van der Waals surface area contributed by atoms with E-state index in [1.807, 2.05) is 24.3 Å². The van der Waals surface area contributed by atoms with Gasteiger partial charge < -0.3 is 15.0 Å². The minimum atomic E-state index is -3.11. The molecule has 0 aliphatic carbocycles. The number of nitrogens with one attached hydrogen (secondary N) is 1. The summed E-state index contributed by atoms with van der Waals surface area (Å²) in [4.78, 5) is 13.4. The van der Waals surface area contributed by atoms with E-state index in [0.717, 1.165) is 17.6 Å². The topological polar surface area (TPSA) is 75.7 Å². The SMILES string of the molecule is COc1ccccc1CCNC(=O)N(C)C(C)CS(C)(=O)=O. The Morgan fingerprint density at radius 1 is 1.36 bits per heavy atom. The summed E-state index contributed by atoms with van der Waals surface area (Å²) in [5.41, 5.74) is 1.01. The summed E-state index contributed by atoms with van der Waals surface area (Å²) >= 11 is 0. The molecule has 0 saturated carbocycles. The molecule has 0 spiro atoms. The lowest BCUT2D eigenvalue weighted by Crippen LogP contribution is -2.45. The minimum Gasteiger partial charge on any atom is -0.496 e. The van der Waals surface area contributed by atoms with E-state index in [0.29, 0.717) is 13.0 Å². The monoisotopic (exact) mass is 328 g/mol. The van der Waals surface area contributed by atoms with E-state index in [2.05, 4.69) is 5.32 Å². The van der Waals surface area contributed by atoms with Crippen molar-refractivity contribution in [3.8, 4) is 5.75 Å². The molecule has 0 aromatic heterocycles. The van der Waals surface area contributed by atoms with Gasteiger partial charge in [-0.1, -0.05) is 18.2 Å². The number of sulfone groups is 1. The molecule has 0 bridgehead atoms. The van der Waals surface area contributed by atoms with E-state index in [1.165, 1.54) is 4.90 Å². The smallest absolute Gasteiger partial charge is 0.317 e. The van der Waals surface area contributed by atoms with E-state index in [4.69, 9.17) is 4.74 Å². The van der Waals surface area contributed by atoms with E-state index in [-0.39, 0.29) is 17.8 Å². The molecule has 0 aliphatic heterocycles. The van der Waals surface area contributed by atoms with Crippen molar-refractivity contribution in [3.05, 3.63) is 29.8 Å². The van der Waals surface area contributed by atoms with Crippen molar-refractivity contribution in [2.45, 2.75) is 19.4 Å². The van der Waals surface area contributed by atoms with Crippen LogP contribution in [0.5, 0.6) is 5.75 Å². The Labute approximate surface area is 132 Å². The number of urea groups is 1. The zero-order chi connectivity index (χ0) is 16.8. The van der Waals surface area contributed by atoms with Gasteiger partial charge in [0.15, 0.2) is 0 Å². The van der Waals surface area contributed by atoms with E-state index in [9.17, 15) is 13.2 Å². The molecule has 1 aromatic rings. The van der Waals surface area contributed by atoms with Crippen molar-refractivity contribution in [1.29, 1.82) is 0 Å². The van der Waals surface area contributed by atoms with E-state index >= 15 is 0 Å². The summed E-state index contributed by atoms with van der Waals surface area (Å²) in [5, 5.41) is 2.79. The Morgan fingerprint density at radius 2 is 2.00 bits per heavy atom. The number of carbonyl (C=O) groups excluding carboxylic acids is 1. The molecule has 2 amide bonds. The van der Waals surface area contributed by atoms with Gasteiger partial charge in [0.25, 0.3) is 0 Å². The molecule has 0 radical (unpaired) electrons. The van der Waals surface area contributed by atoms with Crippen LogP contribution in [0.1, 0.15) is 12.5 Å². The Morgan fingerprint density at radius 3 is 2.59 bits per heavy atom. The predicted octanol–water partition coefficient (Wildman–Crippen LogP) is 1.31. The number of para-hydroxylation sites is 1. The maximum absolute atomic E-state index is 12.0. The number of amides is 2. The second kappa shape index (κ2) is 8.03. The molecular weight excluding hydrogens is 304 g/mol. The number of carbonyl (C=O) groups is 1. The summed E-state index contributed by atoms with van der Waals surface area (Å²) in [6.07, 6.45) is 1.81. The average molecular weight is 328 g/mol. The van der Waals surface area contributed by atoms with Crippen molar-refractivity contribution in [2.75, 3.05) is 32.7 Å². The van der Waals surface area contributed by atoms with Crippen LogP contribution in [0.25, 0.3) is 0 Å². The fraction of sp³-hybridized carbons (Fsp3) is 0.533. The van der Waals surface area contributed by atoms with Gasteiger partial charge >= 0.3 is 6.03 Å². The molecule has 0 heterocycles. The molecule has 0 fully saturated rings. The number of ether oxygens (including phenoxy) is 1. The van der Waals surface area contributed by atoms with Crippen LogP contribution in [0, 0.1) is 0 Å². The maximum atomic E-state index is 12.0. The van der Waals surface area contributed by atoms with Crippen LogP contribution in [-0.2, 0) is 16.3 Å². The summed E-state index contributed by atoms with van der Waals surface area (Å²) < 4.78 is 27.8. The van der Waals surface area contributed by atoms with Gasteiger partial charge in [0.05, 0.1) is 12.9 Å². The van der Waals surface area contributed by atoms with Gasteiger partial charge in [-0.05, 0) is 25.0 Å². The van der Waals surface area contributed by atoms with E-state index < -0.39 is 9.84 Å². The quantitative estimate of drug-likeness (QED) is 0.819. The van der Waals surface area contributed by atoms with Gasteiger partial charge in [0.2, 0.25) is 0 Å². The van der Waals surface area contributed by atoms with Gasteiger partial charge in [0.1, 0.15) is 15.6 Å². The van der Waals surface area contributed by atoms with E-state index in [1.54, 1.807) is 21.1 Å². The standard InChI is InChI=1S/C15H24N2O4S/c1-12(11-22(4,19)20)17(2)15(18)16-10-9-13-7-5-6-8-14(13)21-3/h5-8,12H,9-11H2,1-4H3,(H,16,18). The third-order valence-electron chi connectivity index (χ3n) is 3.39. The van der Waals surface area contributed by atoms with Crippen LogP contribution < -0.4 is 10.1 Å². The molecule has 1 rings (SSSR count). The number of rotatable bonds is 7. The second-order valence-electron chi connectivity index (χ2n) is 5.35. The summed E-state index contributed by atoms with van der Waals surface area (Å²) in [6.45, 7) is 2.16. The van der Waals surface area contributed by atoms with Crippen LogP contribution in [0.3, 0.4) is 0 Å². The first-order chi connectivity index (χ1) is 10.2. The molecular formula is C15H24N2O4S. The number of hydrogen-bond acceptors (Lipinski definition) is 4. The average Bonchev–Trinajstić information content (AvgIpc) is 2.45. The molecule has 1 unspecified atom stereocenters. The van der Waals surface area contributed by atoms with Crippen molar-refractivity contribution in [3.63, 3.8) is 0 Å². The van der Waals surface area contributed by atoms with Gasteiger partial charge in [-0.2, -0.15) is 0 Å². The number of nitrogens with zero attached hydrogens (tertiary/aromatic N) is 1. The Balaban J connectivity index is 2.49. The Hall–Kier alpha value is -1.76. The lowest BCUT2D eigenvalue weighted by Gasteiger charge is -2.24. The van der Waals surface area contributed by atoms with Crippen molar-refractivity contribution in [2.24, 2.45) is 0 Å². The highest BCUT2D eigenvalue weighted by Gasteiger charge is 2.19. The molecule has 1 aromatic carbocycles. The van der Waals surface area contributed by atoms with Crippen LogP contribution in [0.2, 0.25) is 0 Å². The minimum absolute atomic E-state index is 0.0522. The molecule has 1 N–H and O–H groups in total. The van der Waals surface area contributed by atoms with Gasteiger partial charge in [0, 0.05) is 25.9 Å². The molecule has 0 aliphatic rings. The molecule has 22 heavy (non-hydrogen) atoms. The highest BCUT2D eigenvalue weighted by atomic mass is 32.2. The summed E-state index contributed by atoms with van der Waals surface area (Å²) in [6, 6.07) is 6.97. The first-order valence-corrected chi connectivity index (χ1v) is 9.11. The molecule has 124 valence electrons. The Bertz CT molecular complexity index is 601. The summed E-state index contributed by atoms with van der Waals surface area (Å²) in [5.74, 6) is 0.735. The van der Waals surface area contributed by atoms with Crippen molar-refractivity contribution in [1.82, 2.24) is 10.2 Å². The Kier molecular flexibility index (Phi) is 6.67. The largest absolute Gasteiger partial charge is 0.496 e. The highest BCUT2D eigenvalue weighted by Crippen LogP contribution is 2.17. The first-order valence-electron chi connectivity index (χ1n) is 7.05. The second-order valence-corrected chi connectivity index (χ2v) is 7.53. The zero-order valence-electron chi connectivity index (χ0n) is 13.5. The van der Waals surface area contributed by atoms with Crippen LogP contribution in [-0.4, -0.2) is 58.1 Å². The summed E-state index contributed by atoms with van der Waals surface area (Å²) in [7, 11) is 0.0881. The predicted molar refractivity (Wildman–Crippen MR) is 87.0 cm³/mol. The van der Waals surface area contributed by atoms with Crippen LogP contribution >= 0.6 is 0 Å². The lowest BCUT2D eigenvalue weighted by molar-refractivity contribution is 0.198. The third kappa shape index (κ3) is 5.93. The number of benzene rings is 1. The van der Waals surface area contributed by atoms with Gasteiger partial charge in [-0.3, -0.25) is 0 Å². The van der Waals surface area contributed by atoms with Crippen molar-refractivity contribution < 1.29 is 17.9 Å². The normalized spacial score (nSPS) is 12.5. The number of methoxy groups -OCH3 is 1. The van der Waals surface area contributed by atoms with Gasteiger partial charge in [-0.25, -0.2) is 13.2 Å². The highest BCUT2D eigenvalue weighted by molar-refractivity contribution is 7.90.